The van der Waals surface area contributed by atoms with Crippen molar-refractivity contribution in [2.75, 3.05) is 13.1 Å². The molecule has 1 aliphatic rings. The van der Waals surface area contributed by atoms with Crippen LogP contribution in [0.15, 0.2) is 41.4 Å². The van der Waals surface area contributed by atoms with Crippen molar-refractivity contribution in [3.63, 3.8) is 0 Å². The summed E-state index contributed by atoms with van der Waals surface area (Å²) in [7, 11) is -3.71. The molecule has 6 nitrogen and oxygen atoms in total. The summed E-state index contributed by atoms with van der Waals surface area (Å²) in [5.41, 5.74) is 0.704. The third-order valence-electron chi connectivity index (χ3n) is 4.53. The summed E-state index contributed by atoms with van der Waals surface area (Å²) < 4.78 is 27.0. The summed E-state index contributed by atoms with van der Waals surface area (Å²) in [6.07, 6.45) is 2.40. The van der Waals surface area contributed by atoms with Gasteiger partial charge in [0.1, 0.15) is 0 Å². The molecule has 0 saturated carbocycles. The van der Waals surface area contributed by atoms with E-state index in [-0.39, 0.29) is 39.9 Å². The van der Waals surface area contributed by atoms with E-state index in [9.17, 15) is 13.2 Å². The van der Waals surface area contributed by atoms with Gasteiger partial charge >= 0.3 is 0 Å². The van der Waals surface area contributed by atoms with Crippen LogP contribution in [0, 0.1) is 5.92 Å². The van der Waals surface area contributed by atoms with Gasteiger partial charge in [0.25, 0.3) is 0 Å². The lowest BCUT2D eigenvalue weighted by Crippen LogP contribution is -2.42. The summed E-state index contributed by atoms with van der Waals surface area (Å²) in [5.74, 6) is -0.360. The zero-order valence-electron chi connectivity index (χ0n) is 14.7. The van der Waals surface area contributed by atoms with Gasteiger partial charge in [-0.3, -0.25) is 9.78 Å². The largest absolute Gasteiger partial charge is 0.350 e. The standard InChI is InChI=1S/C18H18Cl3N3O3S/c19-13-1-2-16(22-10-13)11-23-18(25)12-3-5-24(6-4-12)28(26,27)17-8-14(20)7-15(21)9-17/h1-2,7-10,12H,3-6,11H2,(H,23,25). The molecule has 1 N–H and O–H groups in total. The lowest BCUT2D eigenvalue weighted by Gasteiger charge is -2.30. The molecule has 2 aromatic rings. The third-order valence-corrected chi connectivity index (χ3v) is 7.07. The first-order valence-electron chi connectivity index (χ1n) is 8.60. The second kappa shape index (κ2) is 8.97. The molecule has 0 spiro atoms. The summed E-state index contributed by atoms with van der Waals surface area (Å²) in [6.45, 7) is 0.809. The highest BCUT2D eigenvalue weighted by molar-refractivity contribution is 7.89. The second-order valence-corrected chi connectivity index (χ2v) is 9.72. The minimum absolute atomic E-state index is 0.0571. The Bertz CT molecular complexity index is 940. The van der Waals surface area contributed by atoms with Crippen LogP contribution in [0.5, 0.6) is 0 Å². The number of benzene rings is 1. The quantitative estimate of drug-likeness (QED) is 0.734. The van der Waals surface area contributed by atoms with E-state index >= 15 is 0 Å². The van der Waals surface area contributed by atoms with Gasteiger partial charge in [-0.1, -0.05) is 34.8 Å². The molecule has 150 valence electrons. The zero-order valence-corrected chi connectivity index (χ0v) is 17.8. The third kappa shape index (κ3) is 5.15. The summed E-state index contributed by atoms with van der Waals surface area (Å²) >= 11 is 17.6. The van der Waals surface area contributed by atoms with Crippen LogP contribution >= 0.6 is 34.8 Å². The SMILES string of the molecule is O=C(NCc1ccc(Cl)cn1)C1CCN(S(=O)(=O)c2cc(Cl)cc(Cl)c2)CC1. The van der Waals surface area contributed by atoms with Crippen LogP contribution in [0.25, 0.3) is 0 Å². The Balaban J connectivity index is 1.57. The lowest BCUT2D eigenvalue weighted by atomic mass is 9.97. The number of nitrogens with one attached hydrogen (secondary N) is 1. The molecular weight excluding hydrogens is 445 g/mol. The van der Waals surface area contributed by atoms with Crippen LogP contribution < -0.4 is 5.32 Å². The number of sulfonamides is 1. The number of carbonyl (C=O) groups excluding carboxylic acids is 1. The normalized spacial score (nSPS) is 16.1. The van der Waals surface area contributed by atoms with Crippen molar-refractivity contribution < 1.29 is 13.2 Å². The Morgan fingerprint density at radius 1 is 1.07 bits per heavy atom. The Morgan fingerprint density at radius 2 is 1.71 bits per heavy atom. The molecule has 1 amide bonds. The van der Waals surface area contributed by atoms with Crippen LogP contribution in [-0.4, -0.2) is 36.7 Å². The Hall–Kier alpha value is -1.38. The number of hydrogen-bond acceptors (Lipinski definition) is 4. The van der Waals surface area contributed by atoms with Gasteiger partial charge in [0.05, 0.1) is 22.2 Å². The van der Waals surface area contributed by atoms with Crippen LogP contribution in [-0.2, 0) is 21.4 Å². The molecule has 0 radical (unpaired) electrons. The first kappa shape index (κ1) is 21.3. The molecule has 1 aromatic heterocycles. The predicted octanol–water partition coefficient (Wildman–Crippen LogP) is 3.76. The molecule has 0 bridgehead atoms. The number of pyridine rings is 1. The molecule has 0 aliphatic carbocycles. The fraction of sp³-hybridized carbons (Fsp3) is 0.333. The van der Waals surface area contributed by atoms with Crippen molar-refractivity contribution in [1.29, 1.82) is 0 Å². The number of halogens is 3. The molecule has 3 rings (SSSR count). The van der Waals surface area contributed by atoms with Crippen molar-refractivity contribution in [1.82, 2.24) is 14.6 Å². The van der Waals surface area contributed by atoms with Crippen molar-refractivity contribution >= 4 is 50.7 Å². The van der Waals surface area contributed by atoms with E-state index in [1.807, 2.05) is 0 Å². The van der Waals surface area contributed by atoms with E-state index in [4.69, 9.17) is 34.8 Å². The van der Waals surface area contributed by atoms with Crippen molar-refractivity contribution in [3.05, 3.63) is 57.3 Å². The number of hydrogen-bond donors (Lipinski definition) is 1. The van der Waals surface area contributed by atoms with E-state index in [1.54, 1.807) is 12.1 Å². The first-order chi connectivity index (χ1) is 13.3. The van der Waals surface area contributed by atoms with Gasteiger partial charge in [-0.2, -0.15) is 4.31 Å². The van der Waals surface area contributed by atoms with Gasteiger partial charge in [0.15, 0.2) is 0 Å². The van der Waals surface area contributed by atoms with E-state index in [0.717, 1.165) is 0 Å². The fourth-order valence-corrected chi connectivity index (χ4v) is 5.33. The molecule has 1 fully saturated rings. The van der Waals surface area contributed by atoms with E-state index in [1.165, 1.54) is 28.7 Å². The van der Waals surface area contributed by atoms with Gasteiger partial charge < -0.3 is 5.32 Å². The molecule has 1 saturated heterocycles. The van der Waals surface area contributed by atoms with Crippen LogP contribution in [0.1, 0.15) is 18.5 Å². The smallest absolute Gasteiger partial charge is 0.243 e. The highest BCUT2D eigenvalue weighted by Gasteiger charge is 2.32. The first-order valence-corrected chi connectivity index (χ1v) is 11.2. The second-order valence-electron chi connectivity index (χ2n) is 6.47. The topological polar surface area (TPSA) is 79.4 Å². The summed E-state index contributed by atoms with van der Waals surface area (Å²) in [4.78, 5) is 16.6. The number of nitrogens with zero attached hydrogens (tertiary/aromatic N) is 2. The Morgan fingerprint density at radius 3 is 2.29 bits per heavy atom. The Labute approximate surface area is 178 Å². The van der Waals surface area contributed by atoms with Crippen molar-refractivity contribution in [3.8, 4) is 0 Å². The maximum absolute atomic E-state index is 12.8. The minimum Gasteiger partial charge on any atom is -0.350 e. The molecular formula is C18H18Cl3N3O3S. The number of amides is 1. The number of carbonyl (C=O) groups is 1. The average Bonchev–Trinajstić information content (AvgIpc) is 2.66. The van der Waals surface area contributed by atoms with Crippen LogP contribution in [0.2, 0.25) is 15.1 Å². The molecule has 28 heavy (non-hydrogen) atoms. The maximum Gasteiger partial charge on any atom is 0.243 e. The average molecular weight is 463 g/mol. The molecule has 2 heterocycles. The fourth-order valence-electron chi connectivity index (χ4n) is 3.02. The van der Waals surface area contributed by atoms with Crippen LogP contribution in [0.4, 0.5) is 0 Å². The molecule has 1 aliphatic heterocycles. The van der Waals surface area contributed by atoms with Crippen molar-refractivity contribution in [2.45, 2.75) is 24.3 Å². The number of piperidine rings is 1. The van der Waals surface area contributed by atoms with E-state index in [0.29, 0.717) is 30.1 Å². The van der Waals surface area contributed by atoms with Gasteiger partial charge in [0, 0.05) is 35.2 Å². The summed E-state index contributed by atoms with van der Waals surface area (Å²) in [5, 5.41) is 3.89. The predicted molar refractivity (Wildman–Crippen MR) is 109 cm³/mol. The van der Waals surface area contributed by atoms with Gasteiger partial charge in [0.2, 0.25) is 15.9 Å². The van der Waals surface area contributed by atoms with Crippen molar-refractivity contribution in [2.24, 2.45) is 5.92 Å². The highest BCUT2D eigenvalue weighted by Crippen LogP contribution is 2.28. The van der Waals surface area contributed by atoms with E-state index < -0.39 is 10.0 Å². The minimum atomic E-state index is -3.71. The van der Waals surface area contributed by atoms with Gasteiger partial charge in [-0.05, 0) is 43.2 Å². The number of aromatic nitrogens is 1. The van der Waals surface area contributed by atoms with E-state index in [2.05, 4.69) is 10.3 Å². The summed E-state index contributed by atoms with van der Waals surface area (Å²) in [6, 6.07) is 7.69. The highest BCUT2D eigenvalue weighted by atomic mass is 35.5. The number of rotatable bonds is 5. The lowest BCUT2D eigenvalue weighted by molar-refractivity contribution is -0.126. The monoisotopic (exact) mass is 461 g/mol. The molecule has 10 heteroatoms. The zero-order chi connectivity index (χ0) is 20.3. The van der Waals surface area contributed by atoms with Gasteiger partial charge in [-0.25, -0.2) is 8.42 Å². The Kier molecular flexibility index (Phi) is 6.83. The maximum atomic E-state index is 12.8. The van der Waals surface area contributed by atoms with Crippen LogP contribution in [0.3, 0.4) is 0 Å². The van der Waals surface area contributed by atoms with Gasteiger partial charge in [-0.15, -0.1) is 0 Å². The molecule has 1 aromatic carbocycles. The molecule has 0 unspecified atom stereocenters. The molecule has 0 atom stereocenters.